The van der Waals surface area contributed by atoms with Crippen molar-refractivity contribution in [2.75, 3.05) is 39.9 Å². The number of pyridine rings is 1. The summed E-state index contributed by atoms with van der Waals surface area (Å²) in [5, 5.41) is 0. The van der Waals surface area contributed by atoms with Gasteiger partial charge in [-0.3, -0.25) is 14.6 Å². The van der Waals surface area contributed by atoms with E-state index in [1.807, 2.05) is 29.7 Å². The molecule has 26 heavy (non-hydrogen) atoms. The van der Waals surface area contributed by atoms with Crippen LogP contribution in [-0.4, -0.2) is 66.5 Å². The molecule has 0 saturated carbocycles. The lowest BCUT2D eigenvalue weighted by molar-refractivity contribution is -0.139. The highest BCUT2D eigenvalue weighted by Crippen LogP contribution is 2.40. The summed E-state index contributed by atoms with van der Waals surface area (Å²) in [6.07, 6.45) is 5.14. The number of hydrogen-bond acceptors (Lipinski definition) is 4. The third-order valence-electron chi connectivity index (χ3n) is 5.90. The van der Waals surface area contributed by atoms with Gasteiger partial charge in [0.05, 0.1) is 12.2 Å². The maximum absolute atomic E-state index is 12.9. The highest BCUT2D eigenvalue weighted by atomic mass is 16.5. The van der Waals surface area contributed by atoms with E-state index in [1.54, 1.807) is 13.3 Å². The smallest absolute Gasteiger partial charge is 0.255 e. The molecule has 0 N–H and O–H groups in total. The number of nitrogens with zero attached hydrogens (tertiary/aromatic N) is 3. The number of aryl methyl sites for hydroxylation is 2. The van der Waals surface area contributed by atoms with Crippen molar-refractivity contribution in [3.8, 4) is 0 Å². The fraction of sp³-hybridized carbons (Fsp3) is 0.650. The first kappa shape index (κ1) is 18.8. The summed E-state index contributed by atoms with van der Waals surface area (Å²) >= 11 is 0. The average Bonchev–Trinajstić information content (AvgIpc) is 2.63. The number of piperidine rings is 2. The quantitative estimate of drug-likeness (QED) is 0.827. The SMILES string of the molecule is COCCN1CC2(CCC1=O)CCN(C(=O)c1cnc(C)cc1C)CC2. The van der Waals surface area contributed by atoms with E-state index < -0.39 is 0 Å². The monoisotopic (exact) mass is 359 g/mol. The molecule has 0 aliphatic carbocycles. The molecule has 2 aliphatic heterocycles. The van der Waals surface area contributed by atoms with E-state index in [1.165, 1.54) is 0 Å². The zero-order chi connectivity index (χ0) is 18.7. The fourth-order valence-corrected chi connectivity index (χ4v) is 4.19. The van der Waals surface area contributed by atoms with Crippen LogP contribution in [0, 0.1) is 19.3 Å². The van der Waals surface area contributed by atoms with Gasteiger partial charge in [-0.1, -0.05) is 0 Å². The highest BCUT2D eigenvalue weighted by Gasteiger charge is 2.41. The van der Waals surface area contributed by atoms with Crippen LogP contribution in [0.15, 0.2) is 12.3 Å². The lowest BCUT2D eigenvalue weighted by Gasteiger charge is -2.47. The Labute approximate surface area is 155 Å². The number of ether oxygens (including phenoxy) is 1. The molecule has 2 aliphatic rings. The number of carbonyl (C=O) groups is 2. The number of aromatic nitrogens is 1. The van der Waals surface area contributed by atoms with Crippen LogP contribution in [0.5, 0.6) is 0 Å². The Kier molecular flexibility index (Phi) is 5.61. The molecule has 1 aromatic heterocycles. The Morgan fingerprint density at radius 2 is 2.00 bits per heavy atom. The molecule has 0 radical (unpaired) electrons. The molecule has 142 valence electrons. The first-order valence-corrected chi connectivity index (χ1v) is 9.43. The molecule has 1 aromatic rings. The fourth-order valence-electron chi connectivity index (χ4n) is 4.19. The molecule has 0 aromatic carbocycles. The Morgan fingerprint density at radius 1 is 1.27 bits per heavy atom. The van der Waals surface area contributed by atoms with Crippen molar-refractivity contribution in [1.82, 2.24) is 14.8 Å². The van der Waals surface area contributed by atoms with Gasteiger partial charge in [0.15, 0.2) is 0 Å². The Morgan fingerprint density at radius 3 is 2.65 bits per heavy atom. The number of amides is 2. The summed E-state index contributed by atoms with van der Waals surface area (Å²) in [6.45, 7) is 7.43. The third kappa shape index (κ3) is 3.90. The van der Waals surface area contributed by atoms with E-state index >= 15 is 0 Å². The summed E-state index contributed by atoms with van der Waals surface area (Å²) in [6, 6.07) is 1.96. The Balaban J connectivity index is 1.63. The van der Waals surface area contributed by atoms with Crippen molar-refractivity contribution in [1.29, 1.82) is 0 Å². The van der Waals surface area contributed by atoms with Crippen LogP contribution in [0.4, 0.5) is 0 Å². The van der Waals surface area contributed by atoms with Crippen LogP contribution >= 0.6 is 0 Å². The first-order chi connectivity index (χ1) is 12.4. The number of methoxy groups -OCH3 is 1. The average molecular weight is 359 g/mol. The van der Waals surface area contributed by atoms with E-state index in [-0.39, 0.29) is 17.2 Å². The van der Waals surface area contributed by atoms with Gasteiger partial charge in [-0.2, -0.15) is 0 Å². The summed E-state index contributed by atoms with van der Waals surface area (Å²) < 4.78 is 5.13. The molecular formula is C20H29N3O3. The number of rotatable bonds is 4. The minimum Gasteiger partial charge on any atom is -0.383 e. The highest BCUT2D eigenvalue weighted by molar-refractivity contribution is 5.95. The Bertz CT molecular complexity index is 681. The minimum atomic E-state index is 0.0768. The minimum absolute atomic E-state index is 0.0768. The van der Waals surface area contributed by atoms with Crippen LogP contribution in [0.2, 0.25) is 0 Å². The van der Waals surface area contributed by atoms with Crippen molar-refractivity contribution in [2.24, 2.45) is 5.41 Å². The number of hydrogen-bond donors (Lipinski definition) is 0. The lowest BCUT2D eigenvalue weighted by Crippen LogP contribution is -2.53. The van der Waals surface area contributed by atoms with Crippen LogP contribution in [0.1, 0.15) is 47.3 Å². The lowest BCUT2D eigenvalue weighted by atomic mass is 9.72. The molecular weight excluding hydrogens is 330 g/mol. The molecule has 2 amide bonds. The summed E-state index contributed by atoms with van der Waals surface area (Å²) in [4.78, 5) is 33.2. The normalized spacial score (nSPS) is 19.9. The van der Waals surface area contributed by atoms with E-state index in [0.717, 1.165) is 50.2 Å². The topological polar surface area (TPSA) is 62.7 Å². The van der Waals surface area contributed by atoms with Gasteiger partial charge in [0.2, 0.25) is 5.91 Å². The van der Waals surface area contributed by atoms with Crippen LogP contribution in [-0.2, 0) is 9.53 Å². The van der Waals surface area contributed by atoms with Gasteiger partial charge in [0, 0.05) is 51.6 Å². The first-order valence-electron chi connectivity index (χ1n) is 9.43. The van der Waals surface area contributed by atoms with Gasteiger partial charge in [0.25, 0.3) is 5.91 Å². The summed E-state index contributed by atoms with van der Waals surface area (Å²) in [7, 11) is 1.66. The van der Waals surface area contributed by atoms with Crippen LogP contribution < -0.4 is 0 Å². The van der Waals surface area contributed by atoms with Gasteiger partial charge in [-0.05, 0) is 50.2 Å². The van der Waals surface area contributed by atoms with Gasteiger partial charge >= 0.3 is 0 Å². The third-order valence-corrected chi connectivity index (χ3v) is 5.90. The standard InChI is InChI=1S/C20H29N3O3/c1-15-12-16(2)21-13-17(15)19(25)22-8-6-20(7-9-22)5-4-18(24)23(14-20)10-11-26-3/h12-13H,4-11,14H2,1-3H3. The molecule has 2 fully saturated rings. The maximum atomic E-state index is 12.9. The Hall–Kier alpha value is -1.95. The largest absolute Gasteiger partial charge is 0.383 e. The zero-order valence-corrected chi connectivity index (χ0v) is 16.1. The summed E-state index contributed by atoms with van der Waals surface area (Å²) in [5.41, 5.74) is 2.77. The second-order valence-corrected chi connectivity index (χ2v) is 7.74. The predicted octanol–water partition coefficient (Wildman–Crippen LogP) is 2.19. The predicted molar refractivity (Wildman–Crippen MR) is 99.0 cm³/mol. The van der Waals surface area contributed by atoms with E-state index in [4.69, 9.17) is 4.74 Å². The molecule has 0 bridgehead atoms. The summed E-state index contributed by atoms with van der Waals surface area (Å²) in [5.74, 6) is 0.306. The molecule has 2 saturated heterocycles. The molecule has 3 rings (SSSR count). The van der Waals surface area contributed by atoms with Crippen LogP contribution in [0.3, 0.4) is 0 Å². The van der Waals surface area contributed by atoms with E-state index in [0.29, 0.717) is 25.1 Å². The molecule has 0 atom stereocenters. The number of carbonyl (C=O) groups excluding carboxylic acids is 2. The van der Waals surface area contributed by atoms with Gasteiger partial charge < -0.3 is 14.5 Å². The van der Waals surface area contributed by atoms with E-state index in [9.17, 15) is 9.59 Å². The number of likely N-dealkylation sites (tertiary alicyclic amines) is 2. The van der Waals surface area contributed by atoms with Crippen molar-refractivity contribution in [3.05, 3.63) is 29.1 Å². The van der Waals surface area contributed by atoms with Crippen LogP contribution in [0.25, 0.3) is 0 Å². The second-order valence-electron chi connectivity index (χ2n) is 7.74. The molecule has 6 nitrogen and oxygen atoms in total. The zero-order valence-electron chi connectivity index (χ0n) is 16.1. The van der Waals surface area contributed by atoms with E-state index in [2.05, 4.69) is 4.98 Å². The molecule has 1 spiro atoms. The van der Waals surface area contributed by atoms with Gasteiger partial charge in [-0.25, -0.2) is 0 Å². The second kappa shape index (κ2) is 7.74. The maximum Gasteiger partial charge on any atom is 0.255 e. The van der Waals surface area contributed by atoms with Crippen molar-refractivity contribution in [3.63, 3.8) is 0 Å². The van der Waals surface area contributed by atoms with Crippen molar-refractivity contribution < 1.29 is 14.3 Å². The molecule has 3 heterocycles. The van der Waals surface area contributed by atoms with Gasteiger partial charge in [0.1, 0.15) is 0 Å². The molecule has 0 unspecified atom stereocenters. The van der Waals surface area contributed by atoms with Gasteiger partial charge in [-0.15, -0.1) is 0 Å². The van der Waals surface area contributed by atoms with Crippen molar-refractivity contribution in [2.45, 2.75) is 39.5 Å². The molecule has 6 heteroatoms. The van der Waals surface area contributed by atoms with Crippen molar-refractivity contribution >= 4 is 11.8 Å².